The smallest absolute Gasteiger partial charge is 0.444 e. The maximum Gasteiger partial charge on any atom is 0.472 e. The minimum atomic E-state index is -4.16. The largest absolute Gasteiger partial charge is 0.472 e. The predicted octanol–water partition coefficient (Wildman–Crippen LogP) is 1.41. The zero-order chi connectivity index (χ0) is 16.3. The molecule has 8 nitrogen and oxygen atoms in total. The molecule has 3 N–H and O–H groups in total. The van der Waals surface area contributed by atoms with Crippen molar-refractivity contribution in [3.63, 3.8) is 0 Å². The summed E-state index contributed by atoms with van der Waals surface area (Å²) in [5.74, 6) is -0.151. The monoisotopic (exact) mass is 325 g/mol. The van der Waals surface area contributed by atoms with Gasteiger partial charge >= 0.3 is 13.9 Å². The molecule has 1 rings (SSSR count). The first-order chi connectivity index (χ1) is 9.48. The van der Waals surface area contributed by atoms with Crippen LogP contribution in [0.2, 0.25) is 0 Å². The number of phosphoric acid groups is 1. The van der Waals surface area contributed by atoms with E-state index < -0.39 is 38.3 Å². The lowest BCUT2D eigenvalue weighted by atomic mass is 9.99. The van der Waals surface area contributed by atoms with E-state index in [1.165, 1.54) is 0 Å². The summed E-state index contributed by atoms with van der Waals surface area (Å²) in [5.41, 5.74) is -0.653. The molecule has 1 heterocycles. The van der Waals surface area contributed by atoms with Crippen LogP contribution < -0.4 is 5.32 Å². The van der Waals surface area contributed by atoms with Gasteiger partial charge in [-0.15, -0.1) is 0 Å². The van der Waals surface area contributed by atoms with Crippen LogP contribution in [0.1, 0.15) is 34.1 Å². The van der Waals surface area contributed by atoms with Crippen LogP contribution in [-0.4, -0.2) is 47.1 Å². The van der Waals surface area contributed by atoms with Crippen molar-refractivity contribution < 1.29 is 33.1 Å². The minimum absolute atomic E-state index is 0.00695. The van der Waals surface area contributed by atoms with Crippen molar-refractivity contribution in [2.24, 2.45) is 5.92 Å². The topological polar surface area (TPSA) is 114 Å². The van der Waals surface area contributed by atoms with Gasteiger partial charge in [0.05, 0.1) is 25.4 Å². The maximum absolute atomic E-state index is 11.8. The average molecular weight is 325 g/mol. The lowest BCUT2D eigenvalue weighted by molar-refractivity contribution is 0.0309. The van der Waals surface area contributed by atoms with Gasteiger partial charge in [-0.3, -0.25) is 9.05 Å². The highest BCUT2D eigenvalue weighted by Crippen LogP contribution is 2.44. The molecule has 21 heavy (non-hydrogen) atoms. The summed E-state index contributed by atoms with van der Waals surface area (Å²) in [6.07, 6.45) is -1.43. The Morgan fingerprint density at radius 1 is 1.33 bits per heavy atom. The first kappa shape index (κ1) is 18.4. The van der Waals surface area contributed by atoms with E-state index >= 15 is 0 Å². The SMILES string of the molecule is CC1COP(=O)(O)OC[C@H](O)[C@@H](NC(=O)OC(C)(C)C)C1. The maximum atomic E-state index is 11.8. The highest BCUT2D eigenvalue weighted by atomic mass is 31.2. The van der Waals surface area contributed by atoms with Crippen LogP contribution in [0.3, 0.4) is 0 Å². The number of ether oxygens (including phenoxy) is 1. The molecule has 2 unspecified atom stereocenters. The van der Waals surface area contributed by atoms with E-state index in [0.29, 0.717) is 6.42 Å². The fourth-order valence-corrected chi connectivity index (χ4v) is 2.68. The molecule has 0 aliphatic carbocycles. The molecule has 0 spiro atoms. The number of nitrogens with one attached hydrogen (secondary N) is 1. The van der Waals surface area contributed by atoms with E-state index in [2.05, 4.69) is 9.84 Å². The van der Waals surface area contributed by atoms with Crippen LogP contribution in [0, 0.1) is 5.92 Å². The molecule has 0 aromatic heterocycles. The Morgan fingerprint density at radius 2 is 1.90 bits per heavy atom. The van der Waals surface area contributed by atoms with Crippen molar-refractivity contribution in [3.05, 3.63) is 0 Å². The van der Waals surface area contributed by atoms with E-state index in [-0.39, 0.29) is 12.5 Å². The molecule has 0 aromatic carbocycles. The van der Waals surface area contributed by atoms with Crippen molar-refractivity contribution in [2.75, 3.05) is 13.2 Å². The van der Waals surface area contributed by atoms with Gasteiger partial charge in [-0.1, -0.05) is 6.92 Å². The molecule has 1 aliphatic rings. The molecule has 9 heteroatoms. The number of hydrogen-bond acceptors (Lipinski definition) is 6. The van der Waals surface area contributed by atoms with Gasteiger partial charge in [-0.25, -0.2) is 9.36 Å². The number of rotatable bonds is 1. The second kappa shape index (κ2) is 7.07. The van der Waals surface area contributed by atoms with Gasteiger partial charge in [-0.05, 0) is 33.1 Å². The summed E-state index contributed by atoms with van der Waals surface area (Å²) in [7, 11) is -4.16. The Bertz CT molecular complexity index is 409. The van der Waals surface area contributed by atoms with Gasteiger partial charge in [0.1, 0.15) is 5.60 Å². The third kappa shape index (κ3) is 7.24. The van der Waals surface area contributed by atoms with Gasteiger partial charge < -0.3 is 20.1 Å². The molecule has 1 saturated heterocycles. The van der Waals surface area contributed by atoms with Gasteiger partial charge in [-0.2, -0.15) is 0 Å². The molecule has 1 fully saturated rings. The molecular weight excluding hydrogens is 301 g/mol. The van der Waals surface area contributed by atoms with E-state index in [1.54, 1.807) is 27.7 Å². The highest BCUT2D eigenvalue weighted by molar-refractivity contribution is 7.47. The minimum Gasteiger partial charge on any atom is -0.444 e. The summed E-state index contributed by atoms with van der Waals surface area (Å²) in [6, 6.07) is -0.656. The summed E-state index contributed by atoms with van der Waals surface area (Å²) in [5, 5.41) is 12.6. The average Bonchev–Trinajstić information content (AvgIpc) is 2.33. The molecule has 1 amide bonds. The van der Waals surface area contributed by atoms with Gasteiger partial charge in [0.15, 0.2) is 0 Å². The van der Waals surface area contributed by atoms with Crippen LogP contribution in [0.15, 0.2) is 0 Å². The highest BCUT2D eigenvalue weighted by Gasteiger charge is 2.32. The Morgan fingerprint density at radius 3 is 2.48 bits per heavy atom. The summed E-state index contributed by atoms with van der Waals surface area (Å²) >= 11 is 0. The Hall–Kier alpha value is -0.660. The zero-order valence-corrected chi connectivity index (χ0v) is 13.6. The number of phosphoric ester groups is 1. The number of alkyl carbamates (subject to hydrolysis) is 1. The van der Waals surface area contributed by atoms with Gasteiger partial charge in [0.2, 0.25) is 0 Å². The van der Waals surface area contributed by atoms with E-state index in [4.69, 9.17) is 9.26 Å². The number of aliphatic hydroxyl groups is 1. The summed E-state index contributed by atoms with van der Waals surface area (Å²) in [6.45, 7) is 6.55. The Balaban J connectivity index is 2.70. The number of carbonyl (C=O) groups is 1. The van der Waals surface area contributed by atoms with Crippen LogP contribution in [-0.2, 0) is 18.3 Å². The van der Waals surface area contributed by atoms with Crippen molar-refractivity contribution in [3.8, 4) is 0 Å². The predicted molar refractivity (Wildman–Crippen MR) is 74.7 cm³/mol. The van der Waals surface area contributed by atoms with Gasteiger partial charge in [0.25, 0.3) is 0 Å². The van der Waals surface area contributed by atoms with Crippen molar-refractivity contribution in [2.45, 2.75) is 51.9 Å². The van der Waals surface area contributed by atoms with Crippen LogP contribution >= 0.6 is 7.82 Å². The lowest BCUT2D eigenvalue weighted by Gasteiger charge is -2.27. The molecule has 4 atom stereocenters. The van der Waals surface area contributed by atoms with Crippen LogP contribution in [0.4, 0.5) is 4.79 Å². The van der Waals surface area contributed by atoms with E-state index in [0.717, 1.165) is 0 Å². The molecule has 0 aromatic rings. The van der Waals surface area contributed by atoms with Crippen molar-refractivity contribution in [1.29, 1.82) is 0 Å². The number of carbonyl (C=O) groups excluding carboxylic acids is 1. The Kier molecular flexibility index (Phi) is 6.19. The summed E-state index contributed by atoms with van der Waals surface area (Å²) in [4.78, 5) is 21.1. The third-order valence-electron chi connectivity index (χ3n) is 2.75. The molecule has 1 aliphatic heterocycles. The van der Waals surface area contributed by atoms with Crippen molar-refractivity contribution >= 4 is 13.9 Å². The number of aliphatic hydroxyl groups excluding tert-OH is 1. The van der Waals surface area contributed by atoms with Crippen LogP contribution in [0.5, 0.6) is 0 Å². The second-order valence-electron chi connectivity index (χ2n) is 6.22. The molecular formula is C12H24NO7P. The van der Waals surface area contributed by atoms with Crippen molar-refractivity contribution in [1.82, 2.24) is 5.32 Å². The lowest BCUT2D eigenvalue weighted by Crippen LogP contribution is -2.47. The first-order valence-electron chi connectivity index (χ1n) is 6.78. The number of hydrogen-bond donors (Lipinski definition) is 3. The number of amides is 1. The molecule has 124 valence electrons. The molecule has 0 saturated carbocycles. The Labute approximate surface area is 124 Å². The fraction of sp³-hybridized carbons (Fsp3) is 0.917. The second-order valence-corrected chi connectivity index (χ2v) is 7.67. The first-order valence-corrected chi connectivity index (χ1v) is 8.27. The van der Waals surface area contributed by atoms with Gasteiger partial charge in [0, 0.05) is 0 Å². The normalized spacial score (nSPS) is 35.2. The fourth-order valence-electron chi connectivity index (χ4n) is 1.82. The van der Waals surface area contributed by atoms with E-state index in [1.807, 2.05) is 0 Å². The molecule has 0 bridgehead atoms. The summed E-state index contributed by atoms with van der Waals surface area (Å²) < 4.78 is 26.0. The molecule has 0 radical (unpaired) electrons. The quantitative estimate of drug-likeness (QED) is 0.624. The van der Waals surface area contributed by atoms with Crippen LogP contribution in [0.25, 0.3) is 0 Å². The third-order valence-corrected chi connectivity index (χ3v) is 3.70. The zero-order valence-electron chi connectivity index (χ0n) is 12.7. The standard InChI is InChI=1S/C12H24NO7P/c1-8-5-9(13-11(15)20-12(2,3)4)10(14)7-19-21(16,17)18-6-8/h8-10,14H,5-7H2,1-4H3,(H,13,15)(H,16,17)/t8?,9-,10-/m0/s1. The van der Waals surface area contributed by atoms with E-state index in [9.17, 15) is 19.4 Å².